The van der Waals surface area contributed by atoms with E-state index in [9.17, 15) is 4.79 Å². The highest BCUT2D eigenvalue weighted by molar-refractivity contribution is 7.13. The number of hydrogen-bond acceptors (Lipinski definition) is 4. The molecule has 2 heterocycles. The first-order chi connectivity index (χ1) is 12.5. The predicted molar refractivity (Wildman–Crippen MR) is 109 cm³/mol. The van der Waals surface area contributed by atoms with Gasteiger partial charge in [-0.3, -0.25) is 4.79 Å². The molecule has 2 aromatic rings. The van der Waals surface area contributed by atoms with Crippen LogP contribution in [0.3, 0.4) is 0 Å². The topological polar surface area (TPSA) is 45.2 Å². The molecule has 26 heavy (non-hydrogen) atoms. The van der Waals surface area contributed by atoms with Crippen molar-refractivity contribution in [1.82, 2.24) is 10.3 Å². The van der Waals surface area contributed by atoms with Crippen LogP contribution in [-0.2, 0) is 13.0 Å². The number of carbonyl (C=O) groups excluding carboxylic acids is 1. The molecule has 0 radical (unpaired) electrons. The summed E-state index contributed by atoms with van der Waals surface area (Å²) in [6.45, 7) is 9.12. The van der Waals surface area contributed by atoms with Crippen molar-refractivity contribution in [2.75, 3.05) is 18.0 Å². The van der Waals surface area contributed by atoms with Gasteiger partial charge in [0, 0.05) is 31.7 Å². The van der Waals surface area contributed by atoms with Crippen LogP contribution in [-0.4, -0.2) is 24.0 Å². The number of thiazole rings is 1. The number of amides is 1. The van der Waals surface area contributed by atoms with E-state index < -0.39 is 0 Å². The Kier molecular flexibility index (Phi) is 6.30. The molecule has 1 saturated heterocycles. The normalized spacial score (nSPS) is 14.7. The van der Waals surface area contributed by atoms with E-state index in [4.69, 9.17) is 0 Å². The van der Waals surface area contributed by atoms with Crippen LogP contribution in [0, 0.1) is 12.8 Å². The molecule has 0 unspecified atom stereocenters. The summed E-state index contributed by atoms with van der Waals surface area (Å²) < 4.78 is 0. The van der Waals surface area contributed by atoms with Crippen LogP contribution in [0.1, 0.15) is 59.0 Å². The molecule has 1 N–H and O–H groups in total. The van der Waals surface area contributed by atoms with E-state index in [0.717, 1.165) is 40.7 Å². The van der Waals surface area contributed by atoms with Gasteiger partial charge in [0.1, 0.15) is 4.88 Å². The fraction of sp³-hybridized carbons (Fsp3) is 0.524. The first-order valence-corrected chi connectivity index (χ1v) is 10.4. The highest BCUT2D eigenvalue weighted by atomic mass is 32.1. The third kappa shape index (κ3) is 4.85. The first-order valence-electron chi connectivity index (χ1n) is 9.61. The van der Waals surface area contributed by atoms with Crippen molar-refractivity contribution in [3.63, 3.8) is 0 Å². The minimum atomic E-state index is -0.0184. The molecule has 1 amide bonds. The van der Waals surface area contributed by atoms with E-state index in [0.29, 0.717) is 12.5 Å². The molecule has 0 atom stereocenters. The Balaban J connectivity index is 1.56. The van der Waals surface area contributed by atoms with Crippen molar-refractivity contribution in [2.45, 2.75) is 53.0 Å². The monoisotopic (exact) mass is 371 g/mol. The summed E-state index contributed by atoms with van der Waals surface area (Å²) in [5.41, 5.74) is 3.25. The maximum atomic E-state index is 12.5. The molecule has 1 aliphatic heterocycles. The van der Waals surface area contributed by atoms with Gasteiger partial charge in [-0.2, -0.15) is 0 Å². The molecule has 0 aliphatic carbocycles. The van der Waals surface area contributed by atoms with Gasteiger partial charge in [-0.1, -0.05) is 26.0 Å². The minimum absolute atomic E-state index is 0.0184. The maximum absolute atomic E-state index is 12.5. The number of piperidine rings is 1. The molecule has 0 bridgehead atoms. The Hall–Kier alpha value is -1.88. The van der Waals surface area contributed by atoms with E-state index in [1.54, 1.807) is 0 Å². The van der Waals surface area contributed by atoms with Crippen LogP contribution < -0.4 is 10.2 Å². The van der Waals surface area contributed by atoms with Crippen molar-refractivity contribution >= 4 is 22.9 Å². The minimum Gasteiger partial charge on any atom is -0.372 e. The Morgan fingerprint density at radius 3 is 2.54 bits per heavy atom. The summed E-state index contributed by atoms with van der Waals surface area (Å²) in [5.74, 6) is 0.532. The number of nitrogens with zero attached hydrogens (tertiary/aromatic N) is 2. The highest BCUT2D eigenvalue weighted by Gasteiger charge is 2.16. The number of rotatable bonds is 6. The Labute approximate surface area is 160 Å². The molecule has 3 rings (SSSR count). The van der Waals surface area contributed by atoms with Gasteiger partial charge in [0.15, 0.2) is 0 Å². The van der Waals surface area contributed by atoms with Crippen LogP contribution in [0.15, 0.2) is 24.3 Å². The second-order valence-corrected chi connectivity index (χ2v) is 8.60. The molecule has 1 aliphatic rings. The summed E-state index contributed by atoms with van der Waals surface area (Å²) in [4.78, 5) is 20.2. The zero-order valence-electron chi connectivity index (χ0n) is 16.0. The average Bonchev–Trinajstić information content (AvgIpc) is 3.00. The smallest absolute Gasteiger partial charge is 0.263 e. The lowest BCUT2D eigenvalue weighted by molar-refractivity contribution is 0.0954. The molecule has 140 valence electrons. The third-order valence-corrected chi connectivity index (χ3v) is 5.92. The second-order valence-electron chi connectivity index (χ2n) is 7.52. The molecule has 1 fully saturated rings. The fourth-order valence-electron chi connectivity index (χ4n) is 3.34. The Morgan fingerprint density at radius 2 is 1.88 bits per heavy atom. The molecule has 5 heteroatoms. The van der Waals surface area contributed by atoms with Gasteiger partial charge >= 0.3 is 0 Å². The lowest BCUT2D eigenvalue weighted by Crippen LogP contribution is -2.29. The van der Waals surface area contributed by atoms with Crippen molar-refractivity contribution in [2.24, 2.45) is 5.92 Å². The number of anilines is 1. The lowest BCUT2D eigenvalue weighted by atomic mass is 10.1. The molecular weight excluding hydrogens is 342 g/mol. The molecule has 0 spiro atoms. The quantitative estimate of drug-likeness (QED) is 0.809. The molecular formula is C21H29N3OS. The summed E-state index contributed by atoms with van der Waals surface area (Å²) in [5, 5.41) is 4.09. The van der Waals surface area contributed by atoms with Gasteiger partial charge in [-0.05, 0) is 49.8 Å². The van der Waals surface area contributed by atoms with Crippen molar-refractivity contribution in [1.29, 1.82) is 0 Å². The van der Waals surface area contributed by atoms with Crippen molar-refractivity contribution in [3.8, 4) is 0 Å². The number of hydrogen-bond donors (Lipinski definition) is 1. The van der Waals surface area contributed by atoms with Crippen molar-refractivity contribution in [3.05, 3.63) is 45.4 Å². The predicted octanol–water partition coefficient (Wildman–Crippen LogP) is 4.57. The molecule has 0 saturated carbocycles. The summed E-state index contributed by atoms with van der Waals surface area (Å²) in [7, 11) is 0. The van der Waals surface area contributed by atoms with Gasteiger partial charge in [0.2, 0.25) is 0 Å². The zero-order chi connectivity index (χ0) is 18.5. The summed E-state index contributed by atoms with van der Waals surface area (Å²) in [6, 6.07) is 8.58. The maximum Gasteiger partial charge on any atom is 0.263 e. The number of carbonyl (C=O) groups is 1. The SMILES string of the molecule is Cc1nc(CC(C)C)sc1C(=O)NCc1ccc(N2CCCCC2)cc1. The van der Waals surface area contributed by atoms with Gasteiger partial charge < -0.3 is 10.2 Å². The van der Waals surface area contributed by atoms with E-state index >= 15 is 0 Å². The Bertz CT molecular complexity index is 730. The van der Waals surface area contributed by atoms with E-state index in [2.05, 4.69) is 53.3 Å². The van der Waals surface area contributed by atoms with Crippen LogP contribution in [0.25, 0.3) is 0 Å². The lowest BCUT2D eigenvalue weighted by Gasteiger charge is -2.28. The Morgan fingerprint density at radius 1 is 1.19 bits per heavy atom. The largest absolute Gasteiger partial charge is 0.372 e. The van der Waals surface area contributed by atoms with Crippen molar-refractivity contribution < 1.29 is 4.79 Å². The summed E-state index contributed by atoms with van der Waals surface area (Å²) in [6.07, 6.45) is 4.84. The van der Waals surface area contributed by atoms with E-state index in [1.807, 2.05) is 6.92 Å². The average molecular weight is 372 g/mol. The summed E-state index contributed by atoms with van der Waals surface area (Å²) >= 11 is 1.52. The molecule has 4 nitrogen and oxygen atoms in total. The van der Waals surface area contributed by atoms with E-state index in [-0.39, 0.29) is 5.91 Å². The standard InChI is InChI=1S/C21H29N3OS/c1-15(2)13-19-23-16(3)20(26-19)21(25)22-14-17-7-9-18(10-8-17)24-11-5-4-6-12-24/h7-10,15H,4-6,11-14H2,1-3H3,(H,22,25). The zero-order valence-corrected chi connectivity index (χ0v) is 16.9. The van der Waals surface area contributed by atoms with Gasteiger partial charge in [0.25, 0.3) is 5.91 Å². The number of nitrogens with one attached hydrogen (secondary N) is 1. The number of aryl methyl sites for hydroxylation is 1. The van der Waals surface area contributed by atoms with Gasteiger partial charge in [0.05, 0.1) is 10.7 Å². The molecule has 1 aromatic heterocycles. The highest BCUT2D eigenvalue weighted by Crippen LogP contribution is 2.22. The van der Waals surface area contributed by atoms with E-state index in [1.165, 1.54) is 36.3 Å². The van der Waals surface area contributed by atoms with Gasteiger partial charge in [-0.15, -0.1) is 11.3 Å². The first kappa shape index (κ1) is 18.9. The van der Waals surface area contributed by atoms with Crippen LogP contribution in [0.5, 0.6) is 0 Å². The number of benzene rings is 1. The fourth-order valence-corrected chi connectivity index (χ4v) is 4.53. The van der Waals surface area contributed by atoms with Crippen LogP contribution in [0.2, 0.25) is 0 Å². The number of aromatic nitrogens is 1. The third-order valence-electron chi connectivity index (χ3n) is 4.74. The molecule has 1 aromatic carbocycles. The van der Waals surface area contributed by atoms with Gasteiger partial charge in [-0.25, -0.2) is 4.98 Å². The van der Waals surface area contributed by atoms with Crippen LogP contribution in [0.4, 0.5) is 5.69 Å². The van der Waals surface area contributed by atoms with Crippen LogP contribution >= 0.6 is 11.3 Å². The second kappa shape index (κ2) is 8.67.